The third kappa shape index (κ3) is 2.04. The number of amides is 1. The van der Waals surface area contributed by atoms with Gasteiger partial charge in [-0.15, -0.1) is 0 Å². The zero-order valence-corrected chi connectivity index (χ0v) is 14.4. The second kappa shape index (κ2) is 5.18. The van der Waals surface area contributed by atoms with Crippen molar-refractivity contribution in [2.45, 2.75) is 50.8 Å². The van der Waals surface area contributed by atoms with Gasteiger partial charge >= 0.3 is 0 Å². The monoisotopic (exact) mass is 321 g/mol. The highest BCUT2D eigenvalue weighted by atomic mass is 16.3. The first-order valence-corrected chi connectivity index (χ1v) is 8.60. The molecule has 0 radical (unpaired) electrons. The normalized spacial score (nSPS) is 29.5. The number of hydrogen-bond donors (Lipinski definition) is 1. The van der Waals surface area contributed by atoms with Gasteiger partial charge in [-0.25, -0.2) is 0 Å². The van der Waals surface area contributed by atoms with E-state index in [1.54, 1.807) is 6.92 Å². The van der Waals surface area contributed by atoms with Gasteiger partial charge in [0.1, 0.15) is 0 Å². The fourth-order valence-electron chi connectivity index (χ4n) is 4.65. The van der Waals surface area contributed by atoms with E-state index in [4.69, 9.17) is 0 Å². The molecular weight excluding hydrogens is 298 g/mol. The number of fused-ring (bicyclic) bond motifs is 2. The lowest BCUT2D eigenvalue weighted by Gasteiger charge is -2.55. The van der Waals surface area contributed by atoms with Crippen LogP contribution in [-0.2, 0) is 4.79 Å². The van der Waals surface area contributed by atoms with Crippen molar-refractivity contribution in [1.29, 1.82) is 0 Å². The Morgan fingerprint density at radius 1 is 1.17 bits per heavy atom. The molecule has 24 heavy (non-hydrogen) atoms. The lowest BCUT2D eigenvalue weighted by molar-refractivity contribution is -0.159. The summed E-state index contributed by atoms with van der Waals surface area (Å²) < 4.78 is 0. The quantitative estimate of drug-likeness (QED) is 0.912. The van der Waals surface area contributed by atoms with E-state index in [-0.39, 0.29) is 18.0 Å². The highest BCUT2D eigenvalue weighted by Crippen LogP contribution is 2.55. The molecule has 2 heterocycles. The number of aryl methyl sites for hydroxylation is 1. The van der Waals surface area contributed by atoms with Crippen LogP contribution in [0, 0.1) is 6.92 Å². The number of carbonyl (C=O) groups is 1. The van der Waals surface area contributed by atoms with Crippen molar-refractivity contribution in [2.75, 3.05) is 0 Å². The summed E-state index contributed by atoms with van der Waals surface area (Å²) in [5, 5.41) is 10.9. The Morgan fingerprint density at radius 2 is 1.88 bits per heavy atom. The minimum absolute atomic E-state index is 0.00458. The van der Waals surface area contributed by atoms with E-state index in [1.165, 1.54) is 11.1 Å². The molecule has 2 unspecified atom stereocenters. The molecule has 1 fully saturated rings. The summed E-state index contributed by atoms with van der Waals surface area (Å²) >= 11 is 0. The summed E-state index contributed by atoms with van der Waals surface area (Å²) in [7, 11) is 0. The molecule has 2 aromatic rings. The van der Waals surface area contributed by atoms with Crippen LogP contribution in [0.5, 0.6) is 0 Å². The van der Waals surface area contributed by atoms with Gasteiger partial charge in [0.15, 0.2) is 0 Å². The minimum Gasteiger partial charge on any atom is -0.389 e. The van der Waals surface area contributed by atoms with E-state index in [9.17, 15) is 9.90 Å². The average molecular weight is 321 g/mol. The van der Waals surface area contributed by atoms with Gasteiger partial charge in [-0.2, -0.15) is 0 Å². The molecule has 3 heteroatoms. The molecule has 2 aliphatic heterocycles. The number of benzene rings is 2. The van der Waals surface area contributed by atoms with E-state index < -0.39 is 11.5 Å². The lowest BCUT2D eigenvalue weighted by Crippen LogP contribution is -2.58. The summed E-state index contributed by atoms with van der Waals surface area (Å²) in [6.45, 7) is 5.99. The van der Waals surface area contributed by atoms with Crippen LogP contribution in [0.15, 0.2) is 48.5 Å². The van der Waals surface area contributed by atoms with Crippen LogP contribution in [0.25, 0.3) is 0 Å². The number of nitrogens with zero attached hydrogens (tertiary/aromatic N) is 1. The summed E-state index contributed by atoms with van der Waals surface area (Å²) in [6.07, 6.45) is 0.596. The Bertz CT molecular complexity index is 797. The molecule has 2 aromatic carbocycles. The molecule has 5 rings (SSSR count). The molecule has 4 atom stereocenters. The first kappa shape index (κ1) is 15.4. The van der Waals surface area contributed by atoms with Crippen molar-refractivity contribution in [1.82, 2.24) is 4.90 Å². The molecule has 1 amide bonds. The molecule has 1 saturated heterocycles. The molecule has 0 aromatic heterocycles. The van der Waals surface area contributed by atoms with E-state index in [1.807, 2.05) is 35.2 Å². The third-order valence-electron chi connectivity index (χ3n) is 5.77. The van der Waals surface area contributed by atoms with Gasteiger partial charge in [0.05, 0.1) is 23.6 Å². The standard InChI is InChI=1S/C21H23NO2/c1-13-8-7-11-16-18(13)17-12-21(3,24)19(16)20(23)22(17)14(2)15-9-5-4-6-10-15/h4-11,14,17,19,24H,12H2,1-3H3/t14?,17-,19+,21?/m1/s1. The van der Waals surface area contributed by atoms with Crippen molar-refractivity contribution in [2.24, 2.45) is 0 Å². The maximum atomic E-state index is 13.3. The lowest BCUT2D eigenvalue weighted by atomic mass is 9.64. The number of aliphatic hydroxyl groups is 1. The van der Waals surface area contributed by atoms with Gasteiger partial charge in [0.2, 0.25) is 5.91 Å². The van der Waals surface area contributed by atoms with Crippen molar-refractivity contribution < 1.29 is 9.90 Å². The zero-order chi connectivity index (χ0) is 17.1. The Morgan fingerprint density at radius 3 is 2.58 bits per heavy atom. The predicted octanol–water partition coefficient (Wildman–Crippen LogP) is 3.88. The van der Waals surface area contributed by atoms with Crippen LogP contribution in [0.1, 0.15) is 60.5 Å². The first-order chi connectivity index (χ1) is 11.4. The van der Waals surface area contributed by atoms with Crippen molar-refractivity contribution >= 4 is 5.91 Å². The molecule has 3 nitrogen and oxygen atoms in total. The summed E-state index contributed by atoms with van der Waals surface area (Å²) in [5.41, 5.74) is 3.60. The minimum atomic E-state index is -0.977. The third-order valence-corrected chi connectivity index (χ3v) is 5.77. The van der Waals surface area contributed by atoms with Gasteiger partial charge in [-0.1, -0.05) is 48.5 Å². The molecule has 2 bridgehead atoms. The van der Waals surface area contributed by atoms with Crippen LogP contribution in [0.2, 0.25) is 0 Å². The van der Waals surface area contributed by atoms with Gasteiger partial charge in [0, 0.05) is 6.42 Å². The van der Waals surface area contributed by atoms with Crippen molar-refractivity contribution in [3.8, 4) is 0 Å². The number of piperidine rings is 1. The number of carbonyl (C=O) groups excluding carboxylic acids is 1. The fraction of sp³-hybridized carbons (Fsp3) is 0.381. The highest BCUT2D eigenvalue weighted by molar-refractivity contribution is 5.90. The maximum Gasteiger partial charge on any atom is 0.234 e. The van der Waals surface area contributed by atoms with Crippen LogP contribution >= 0.6 is 0 Å². The second-order valence-electron chi connectivity index (χ2n) is 7.42. The van der Waals surface area contributed by atoms with E-state index in [0.29, 0.717) is 6.42 Å². The predicted molar refractivity (Wildman–Crippen MR) is 93.6 cm³/mol. The van der Waals surface area contributed by atoms with Gasteiger partial charge in [0.25, 0.3) is 0 Å². The fourth-order valence-corrected chi connectivity index (χ4v) is 4.65. The van der Waals surface area contributed by atoms with Gasteiger partial charge < -0.3 is 10.0 Å². The molecule has 124 valence electrons. The van der Waals surface area contributed by atoms with Crippen LogP contribution in [0.3, 0.4) is 0 Å². The number of rotatable bonds is 2. The largest absolute Gasteiger partial charge is 0.389 e. The zero-order valence-electron chi connectivity index (χ0n) is 14.4. The van der Waals surface area contributed by atoms with E-state index in [2.05, 4.69) is 32.0 Å². The summed E-state index contributed by atoms with van der Waals surface area (Å²) in [6, 6.07) is 16.2. The highest BCUT2D eigenvalue weighted by Gasteiger charge is 2.56. The molecule has 1 N–H and O–H groups in total. The van der Waals surface area contributed by atoms with Crippen LogP contribution in [-0.4, -0.2) is 21.5 Å². The Hall–Kier alpha value is -2.13. The Balaban J connectivity index is 1.86. The molecule has 0 saturated carbocycles. The van der Waals surface area contributed by atoms with Crippen molar-refractivity contribution in [3.05, 3.63) is 70.8 Å². The first-order valence-electron chi connectivity index (χ1n) is 8.60. The van der Waals surface area contributed by atoms with Gasteiger partial charge in [-0.05, 0) is 43.0 Å². The van der Waals surface area contributed by atoms with Crippen LogP contribution in [0.4, 0.5) is 0 Å². The van der Waals surface area contributed by atoms with E-state index in [0.717, 1.165) is 11.1 Å². The summed E-state index contributed by atoms with van der Waals surface area (Å²) in [4.78, 5) is 15.3. The van der Waals surface area contributed by atoms with E-state index >= 15 is 0 Å². The SMILES string of the molecule is Cc1cccc2c1[C@H]1CC(C)(O)[C@@H]2C(=O)N1C(C)c1ccccc1. The molecule has 3 aliphatic rings. The summed E-state index contributed by atoms with van der Waals surface area (Å²) in [5.74, 6) is -0.422. The van der Waals surface area contributed by atoms with Crippen LogP contribution < -0.4 is 0 Å². The molecular formula is C21H23NO2. The van der Waals surface area contributed by atoms with Crippen molar-refractivity contribution in [3.63, 3.8) is 0 Å². The maximum absolute atomic E-state index is 13.3. The van der Waals surface area contributed by atoms with Gasteiger partial charge in [-0.3, -0.25) is 4.79 Å². The topological polar surface area (TPSA) is 40.5 Å². The Labute approximate surface area is 142 Å². The number of hydrogen-bond acceptors (Lipinski definition) is 2. The molecule has 0 spiro atoms. The average Bonchev–Trinajstić information content (AvgIpc) is 2.54. The molecule has 1 aliphatic carbocycles. The Kier molecular flexibility index (Phi) is 3.33. The smallest absolute Gasteiger partial charge is 0.234 e. The second-order valence-corrected chi connectivity index (χ2v) is 7.42.